The van der Waals surface area contributed by atoms with Crippen molar-refractivity contribution in [3.63, 3.8) is 0 Å². The van der Waals surface area contributed by atoms with Crippen LogP contribution in [0.25, 0.3) is 21.0 Å². The Balaban J connectivity index is 1.43. The highest BCUT2D eigenvalue weighted by Gasteiger charge is 2.17. The maximum atomic E-state index is 12.2. The van der Waals surface area contributed by atoms with E-state index in [0.29, 0.717) is 10.8 Å². The fourth-order valence-electron chi connectivity index (χ4n) is 2.56. The van der Waals surface area contributed by atoms with Gasteiger partial charge in [-0.05, 0) is 30.3 Å². The van der Waals surface area contributed by atoms with Gasteiger partial charge in [-0.1, -0.05) is 18.2 Å². The van der Waals surface area contributed by atoms with Gasteiger partial charge in [0.2, 0.25) is 0 Å². The number of non-ortho nitro benzene ring substituents is 1. The molecule has 4 rings (SSSR count). The predicted molar refractivity (Wildman–Crippen MR) is 105 cm³/mol. The van der Waals surface area contributed by atoms with Gasteiger partial charge in [0.1, 0.15) is 0 Å². The number of furan rings is 1. The highest BCUT2D eigenvalue weighted by molar-refractivity contribution is 7.21. The molecule has 0 fully saturated rings. The molecule has 2 aromatic heterocycles. The third kappa shape index (κ3) is 3.82. The summed E-state index contributed by atoms with van der Waals surface area (Å²) in [5, 5.41) is 11.4. The Morgan fingerprint density at radius 3 is 2.59 bits per heavy atom. The van der Waals surface area contributed by atoms with Gasteiger partial charge in [0.15, 0.2) is 16.5 Å². The normalized spacial score (nSPS) is 10.6. The van der Waals surface area contributed by atoms with Crippen LogP contribution in [0.5, 0.6) is 0 Å². The van der Waals surface area contributed by atoms with Crippen LogP contribution in [-0.4, -0.2) is 21.7 Å². The van der Waals surface area contributed by atoms with E-state index in [9.17, 15) is 19.7 Å². The van der Waals surface area contributed by atoms with E-state index in [2.05, 4.69) is 15.8 Å². The lowest BCUT2D eigenvalue weighted by atomic mass is 10.2. The number of aromatic nitrogens is 1. The molecule has 0 aliphatic heterocycles. The summed E-state index contributed by atoms with van der Waals surface area (Å²) in [6, 6.07) is 15.9. The molecule has 144 valence electrons. The Kier molecular flexibility index (Phi) is 4.75. The number of nitrogens with one attached hydrogen (secondary N) is 2. The Morgan fingerprint density at radius 1 is 1.00 bits per heavy atom. The lowest BCUT2D eigenvalue weighted by Gasteiger charge is -2.05. The van der Waals surface area contributed by atoms with E-state index in [-0.39, 0.29) is 17.0 Å². The van der Waals surface area contributed by atoms with Crippen LogP contribution >= 0.6 is 11.3 Å². The van der Waals surface area contributed by atoms with Crippen molar-refractivity contribution in [3.8, 4) is 10.8 Å². The number of amides is 2. The number of fused-ring (bicyclic) bond motifs is 1. The van der Waals surface area contributed by atoms with E-state index in [1.165, 1.54) is 35.6 Å². The van der Waals surface area contributed by atoms with Crippen molar-refractivity contribution in [2.75, 3.05) is 0 Å². The smallest absolute Gasteiger partial charge is 0.305 e. The molecule has 0 spiro atoms. The number of carbonyl (C=O) groups is 2. The first kappa shape index (κ1) is 18.3. The highest BCUT2D eigenvalue weighted by Crippen LogP contribution is 2.31. The second-order valence-corrected chi connectivity index (χ2v) is 6.90. The van der Waals surface area contributed by atoms with Gasteiger partial charge in [0, 0.05) is 17.7 Å². The van der Waals surface area contributed by atoms with Gasteiger partial charge < -0.3 is 4.42 Å². The summed E-state index contributed by atoms with van der Waals surface area (Å²) in [5.41, 5.74) is 5.06. The van der Waals surface area contributed by atoms with Gasteiger partial charge in [0.25, 0.3) is 11.6 Å². The molecule has 0 aliphatic carbocycles. The molecule has 2 N–H and O–H groups in total. The maximum Gasteiger partial charge on any atom is 0.305 e. The van der Waals surface area contributed by atoms with Crippen molar-refractivity contribution in [3.05, 3.63) is 82.1 Å². The molecule has 2 heterocycles. The van der Waals surface area contributed by atoms with Crippen LogP contribution < -0.4 is 10.9 Å². The zero-order valence-electron chi connectivity index (χ0n) is 14.6. The summed E-state index contributed by atoms with van der Waals surface area (Å²) in [4.78, 5) is 39.0. The Labute approximate surface area is 167 Å². The first-order valence-electron chi connectivity index (χ1n) is 8.32. The van der Waals surface area contributed by atoms with E-state index in [1.54, 1.807) is 6.07 Å². The predicted octanol–water partition coefficient (Wildman–Crippen LogP) is 3.54. The van der Waals surface area contributed by atoms with Crippen LogP contribution in [0, 0.1) is 10.1 Å². The number of thiazole rings is 1. The summed E-state index contributed by atoms with van der Waals surface area (Å²) in [7, 11) is 0. The topological polar surface area (TPSA) is 127 Å². The number of nitro benzene ring substituents is 1. The Morgan fingerprint density at radius 2 is 1.79 bits per heavy atom. The summed E-state index contributed by atoms with van der Waals surface area (Å²) in [5.74, 6) is -0.948. The molecule has 9 nitrogen and oxygen atoms in total. The molecule has 0 radical (unpaired) electrons. The molecule has 4 aromatic rings. The lowest BCUT2D eigenvalue weighted by molar-refractivity contribution is -0.384. The first-order valence-corrected chi connectivity index (χ1v) is 9.14. The number of hydrazine groups is 1. The third-order valence-electron chi connectivity index (χ3n) is 3.94. The van der Waals surface area contributed by atoms with Crippen molar-refractivity contribution in [1.29, 1.82) is 0 Å². The Hall–Kier alpha value is -4.05. The third-order valence-corrected chi connectivity index (χ3v) is 4.99. The van der Waals surface area contributed by atoms with Crippen LogP contribution in [0.4, 0.5) is 5.69 Å². The van der Waals surface area contributed by atoms with Crippen molar-refractivity contribution < 1.29 is 18.9 Å². The number of rotatable bonds is 4. The molecule has 0 saturated heterocycles. The van der Waals surface area contributed by atoms with Crippen LogP contribution in [0.1, 0.15) is 20.9 Å². The van der Waals surface area contributed by atoms with Gasteiger partial charge in [0.05, 0.1) is 15.1 Å². The van der Waals surface area contributed by atoms with E-state index in [1.807, 2.05) is 24.3 Å². The van der Waals surface area contributed by atoms with E-state index in [0.717, 1.165) is 16.3 Å². The summed E-state index contributed by atoms with van der Waals surface area (Å²) in [6.07, 6.45) is 0. The quantitative estimate of drug-likeness (QED) is 0.393. The highest BCUT2D eigenvalue weighted by atomic mass is 32.1. The van der Waals surface area contributed by atoms with Crippen LogP contribution in [0.2, 0.25) is 0 Å². The number of carbonyl (C=O) groups excluding carboxylic acids is 2. The molecule has 0 atom stereocenters. The van der Waals surface area contributed by atoms with E-state index < -0.39 is 16.7 Å². The van der Waals surface area contributed by atoms with Gasteiger partial charge in [-0.15, -0.1) is 11.3 Å². The number of hydrogen-bond donors (Lipinski definition) is 2. The summed E-state index contributed by atoms with van der Waals surface area (Å²) >= 11 is 1.43. The van der Waals surface area contributed by atoms with Gasteiger partial charge in [-0.2, -0.15) is 0 Å². The van der Waals surface area contributed by atoms with Crippen molar-refractivity contribution in [1.82, 2.24) is 15.8 Å². The molecular weight excluding hydrogens is 396 g/mol. The molecule has 0 unspecified atom stereocenters. The minimum absolute atomic E-state index is 0.0152. The zero-order chi connectivity index (χ0) is 20.4. The Bertz CT molecular complexity index is 1210. The van der Waals surface area contributed by atoms with Crippen LogP contribution in [0.15, 0.2) is 65.1 Å². The number of benzene rings is 2. The fraction of sp³-hybridized carbons (Fsp3) is 0. The molecule has 29 heavy (non-hydrogen) atoms. The number of para-hydroxylation sites is 1. The average molecular weight is 408 g/mol. The van der Waals surface area contributed by atoms with Crippen molar-refractivity contribution in [2.24, 2.45) is 0 Å². The van der Waals surface area contributed by atoms with Crippen molar-refractivity contribution >= 4 is 39.1 Å². The number of nitrogens with zero attached hydrogens (tertiary/aromatic N) is 2. The minimum atomic E-state index is -0.694. The molecule has 0 bridgehead atoms. The summed E-state index contributed by atoms with van der Waals surface area (Å²) < 4.78 is 6.54. The standard InChI is InChI=1S/C19H12N4O5S/c24-17(11-4-3-5-12(10-11)23(26)27)21-22-18(25)14-8-9-15(28-14)19-20-13-6-1-2-7-16(13)29-19/h1-10H,(H,21,24)(H,22,25). The SMILES string of the molecule is O=C(NNC(=O)c1ccc(-c2nc3ccccc3s2)o1)c1cccc([N+](=O)[O-])c1. The van der Waals surface area contributed by atoms with Crippen molar-refractivity contribution in [2.45, 2.75) is 0 Å². The fourth-order valence-corrected chi connectivity index (χ4v) is 3.49. The maximum absolute atomic E-state index is 12.2. The van der Waals surface area contributed by atoms with Crippen LogP contribution in [0.3, 0.4) is 0 Å². The van der Waals surface area contributed by atoms with Crippen LogP contribution in [-0.2, 0) is 0 Å². The molecule has 0 aliphatic rings. The van der Waals surface area contributed by atoms with Gasteiger partial charge in [-0.3, -0.25) is 30.6 Å². The summed E-state index contributed by atoms with van der Waals surface area (Å²) in [6.45, 7) is 0. The second-order valence-electron chi connectivity index (χ2n) is 5.87. The molecule has 2 aromatic carbocycles. The lowest BCUT2D eigenvalue weighted by Crippen LogP contribution is -2.41. The molecule has 2 amide bonds. The van der Waals surface area contributed by atoms with Gasteiger partial charge >= 0.3 is 5.91 Å². The van der Waals surface area contributed by atoms with Gasteiger partial charge in [-0.25, -0.2) is 4.98 Å². The van der Waals surface area contributed by atoms with E-state index in [4.69, 9.17) is 4.42 Å². The monoisotopic (exact) mass is 408 g/mol. The molecule has 10 heteroatoms. The van der Waals surface area contributed by atoms with E-state index >= 15 is 0 Å². The average Bonchev–Trinajstić information content (AvgIpc) is 3.38. The number of hydrogen-bond acceptors (Lipinski definition) is 7. The second kappa shape index (κ2) is 7.52. The molecular formula is C19H12N4O5S. The zero-order valence-corrected chi connectivity index (χ0v) is 15.4. The molecule has 0 saturated carbocycles. The first-order chi connectivity index (χ1) is 14.0. The minimum Gasteiger partial charge on any atom is -0.448 e. The largest absolute Gasteiger partial charge is 0.448 e. The number of nitro groups is 1.